The number of para-hydroxylation sites is 3. The van der Waals surface area contributed by atoms with Gasteiger partial charge in [0, 0.05) is 53.1 Å². The first-order chi connectivity index (χ1) is 37.2. The Labute approximate surface area is 417 Å². The molecular formula is C67H42N2S. The van der Waals surface area contributed by atoms with Crippen LogP contribution in [0.5, 0.6) is 0 Å². The summed E-state index contributed by atoms with van der Waals surface area (Å²) in [5, 5.41) is 4.87. The molecule has 0 unspecified atom stereocenters. The van der Waals surface area contributed by atoms with Gasteiger partial charge in [-0.05, 0) is 128 Å². The van der Waals surface area contributed by atoms with Gasteiger partial charge >= 0.3 is 0 Å². The average molecular weight is 913 g/mol. The largest absolute Gasteiger partial charge is 0.309 e. The lowest BCUT2D eigenvalue weighted by atomic mass is 9.67. The quantitative estimate of drug-likeness (QED) is 0.157. The SMILES string of the molecule is [2H]c1c(-c2ccc3c(c2)C(c2ccccc2)(c2ccccc2)c2ccccc2-3)c([2H])c2c(sc3c([2H])c(-n4c5ccccc5c5cc(-c6ccc7c8ccccc8n(-c8ccccc8)c7c6)ccc54)c([2H])c([2H])c32)c1[2H]. The maximum absolute atomic E-state index is 10.0. The van der Waals surface area contributed by atoms with E-state index in [1.54, 1.807) is 0 Å². The summed E-state index contributed by atoms with van der Waals surface area (Å²) >= 11 is 1.17. The molecule has 0 saturated carbocycles. The van der Waals surface area contributed by atoms with Crippen molar-refractivity contribution >= 4 is 75.1 Å². The van der Waals surface area contributed by atoms with E-state index in [1.165, 1.54) is 22.1 Å². The molecule has 0 spiro atoms. The highest BCUT2D eigenvalue weighted by Crippen LogP contribution is 2.57. The lowest BCUT2D eigenvalue weighted by molar-refractivity contribution is 0.769. The lowest BCUT2D eigenvalue weighted by Crippen LogP contribution is -2.28. The van der Waals surface area contributed by atoms with Gasteiger partial charge in [0.05, 0.1) is 35.7 Å². The third-order valence-electron chi connectivity index (χ3n) is 14.7. The van der Waals surface area contributed by atoms with Gasteiger partial charge in [-0.1, -0.05) is 182 Å². The van der Waals surface area contributed by atoms with Gasteiger partial charge in [-0.15, -0.1) is 11.3 Å². The normalized spacial score (nSPS) is 14.2. The van der Waals surface area contributed by atoms with E-state index in [4.69, 9.17) is 0 Å². The number of thiophene rings is 1. The molecule has 3 heteroatoms. The Kier molecular flexibility index (Phi) is 7.27. The highest BCUT2D eigenvalue weighted by molar-refractivity contribution is 7.25. The Bertz CT molecular complexity index is 4730. The van der Waals surface area contributed by atoms with Crippen LogP contribution in [0.25, 0.3) is 109 Å². The van der Waals surface area contributed by atoms with Gasteiger partial charge in [-0.2, -0.15) is 0 Å². The molecule has 3 heterocycles. The van der Waals surface area contributed by atoms with Gasteiger partial charge in [-0.3, -0.25) is 0 Å². The molecule has 0 fully saturated rings. The fraction of sp³-hybridized carbons (Fsp3) is 0.0149. The molecule has 2 nitrogen and oxygen atoms in total. The first-order valence-corrected chi connectivity index (χ1v) is 24.5. The van der Waals surface area contributed by atoms with E-state index in [2.05, 4.69) is 180 Å². The first-order valence-electron chi connectivity index (χ1n) is 26.7. The molecule has 0 saturated heterocycles. The van der Waals surface area contributed by atoms with E-state index in [1.807, 2.05) is 47.0 Å². The second kappa shape index (κ2) is 15.1. The topological polar surface area (TPSA) is 9.86 Å². The van der Waals surface area contributed by atoms with Crippen LogP contribution in [0.2, 0.25) is 0 Å². The third kappa shape index (κ3) is 5.61. The molecule has 3 aromatic heterocycles. The highest BCUT2D eigenvalue weighted by atomic mass is 32.1. The predicted octanol–water partition coefficient (Wildman–Crippen LogP) is 17.9. The number of hydrogen-bond donors (Lipinski definition) is 0. The summed E-state index contributed by atoms with van der Waals surface area (Å²) in [5.74, 6) is 0. The minimum atomic E-state index is -0.712. The molecular weight excluding hydrogens is 865 g/mol. The number of rotatable bonds is 6. The van der Waals surface area contributed by atoms with E-state index < -0.39 is 5.41 Å². The van der Waals surface area contributed by atoms with Gasteiger partial charge in [0.2, 0.25) is 0 Å². The molecule has 11 aromatic carbocycles. The number of hydrogen-bond acceptors (Lipinski definition) is 1. The van der Waals surface area contributed by atoms with Gasteiger partial charge in [0.25, 0.3) is 0 Å². The van der Waals surface area contributed by atoms with Gasteiger partial charge < -0.3 is 9.13 Å². The number of aromatic nitrogens is 2. The Morgan fingerprint density at radius 3 is 1.67 bits per heavy atom. The van der Waals surface area contributed by atoms with Crippen LogP contribution in [-0.2, 0) is 5.41 Å². The second-order valence-electron chi connectivity index (χ2n) is 18.3. The summed E-state index contributed by atoms with van der Waals surface area (Å²) < 4.78 is 63.9. The van der Waals surface area contributed by atoms with Gasteiger partial charge in [0.15, 0.2) is 0 Å². The summed E-state index contributed by atoms with van der Waals surface area (Å²) in [5.41, 5.74) is 14.0. The first kappa shape index (κ1) is 33.7. The lowest BCUT2D eigenvalue weighted by Gasteiger charge is -2.34. The van der Waals surface area contributed by atoms with Crippen LogP contribution in [0.1, 0.15) is 30.5 Å². The summed E-state index contributed by atoms with van der Waals surface area (Å²) in [6, 6.07) is 75.2. The van der Waals surface area contributed by atoms with Crippen LogP contribution in [0.4, 0.5) is 0 Å². The van der Waals surface area contributed by atoms with Crippen molar-refractivity contribution < 1.29 is 8.22 Å². The van der Waals surface area contributed by atoms with Crippen molar-refractivity contribution in [2.24, 2.45) is 0 Å². The summed E-state index contributed by atoms with van der Waals surface area (Å²) in [4.78, 5) is 0. The zero-order valence-corrected chi connectivity index (χ0v) is 38.4. The van der Waals surface area contributed by atoms with Crippen LogP contribution in [0, 0.1) is 0 Å². The highest BCUT2D eigenvalue weighted by Gasteiger charge is 2.46. The number of fused-ring (bicyclic) bond motifs is 12. The van der Waals surface area contributed by atoms with Crippen molar-refractivity contribution in [2.45, 2.75) is 5.41 Å². The van der Waals surface area contributed by atoms with Crippen molar-refractivity contribution in [1.29, 1.82) is 0 Å². The monoisotopic (exact) mass is 912 g/mol. The van der Waals surface area contributed by atoms with Crippen LogP contribution in [0.3, 0.4) is 0 Å². The second-order valence-corrected chi connectivity index (χ2v) is 19.3. The van der Waals surface area contributed by atoms with E-state index in [-0.39, 0.29) is 47.5 Å². The molecule has 0 bridgehead atoms. The number of nitrogens with zero attached hydrogens (tertiary/aromatic N) is 2. The molecule has 0 radical (unpaired) electrons. The molecule has 14 aromatic rings. The summed E-state index contributed by atoms with van der Waals surface area (Å²) in [7, 11) is 0. The van der Waals surface area contributed by atoms with Crippen molar-refractivity contribution in [3.63, 3.8) is 0 Å². The fourth-order valence-corrected chi connectivity index (χ4v) is 12.6. The number of benzene rings is 11. The van der Waals surface area contributed by atoms with Gasteiger partial charge in [-0.25, -0.2) is 0 Å². The molecule has 0 aliphatic heterocycles. The maximum atomic E-state index is 10.0. The molecule has 0 amide bonds. The Hall–Kier alpha value is -8.76. The van der Waals surface area contributed by atoms with E-state index in [0.717, 1.165) is 83.0 Å². The molecule has 70 heavy (non-hydrogen) atoms. The smallest absolute Gasteiger partial charge is 0.0713 e. The Morgan fingerprint density at radius 2 is 0.900 bits per heavy atom. The van der Waals surface area contributed by atoms with Crippen molar-refractivity contribution in [1.82, 2.24) is 9.13 Å². The van der Waals surface area contributed by atoms with Crippen molar-refractivity contribution in [3.05, 3.63) is 277 Å². The van der Waals surface area contributed by atoms with E-state index in [9.17, 15) is 8.22 Å². The standard InChI is InChI=1S/C67H42N2S/c1-4-16-47(17-5-1)67(48-18-6-2-7-19-48)59-25-13-10-22-51(59)52-33-28-45(40-60(52)67)44-31-37-65-58(39-44)56-35-32-50(42-66(56)70-65)69-62-27-15-12-24-54(62)57-38-43(30-36-63(57)69)46-29-34-55-53-23-11-14-26-61(53)68(64(55)41-46)49-20-8-3-9-21-49/h1-42H/i31D,32D,35D,37D,39D,42D. The molecule has 1 aliphatic rings. The van der Waals surface area contributed by atoms with E-state index in [0.29, 0.717) is 25.7 Å². The van der Waals surface area contributed by atoms with Crippen molar-refractivity contribution in [2.75, 3.05) is 0 Å². The zero-order valence-electron chi connectivity index (χ0n) is 43.6. The fourth-order valence-electron chi connectivity index (χ4n) is 11.6. The molecule has 1 aliphatic carbocycles. The molecule has 0 N–H and O–H groups in total. The summed E-state index contributed by atoms with van der Waals surface area (Å²) in [6.45, 7) is 0. The van der Waals surface area contributed by atoms with Crippen LogP contribution in [-0.4, -0.2) is 9.13 Å². The zero-order chi connectivity index (χ0) is 51.1. The molecule has 0 atom stereocenters. The maximum Gasteiger partial charge on any atom is 0.0713 e. The third-order valence-corrected chi connectivity index (χ3v) is 15.7. The molecule has 15 rings (SSSR count). The predicted molar refractivity (Wildman–Crippen MR) is 296 cm³/mol. The van der Waals surface area contributed by atoms with E-state index >= 15 is 0 Å². The minimum Gasteiger partial charge on any atom is -0.309 e. The van der Waals surface area contributed by atoms with Crippen LogP contribution < -0.4 is 0 Å². The van der Waals surface area contributed by atoms with Crippen molar-refractivity contribution in [3.8, 4) is 44.8 Å². The summed E-state index contributed by atoms with van der Waals surface area (Å²) in [6.07, 6.45) is 0. The average Bonchev–Trinajstić information content (AvgIpc) is 4.31. The van der Waals surface area contributed by atoms with Crippen LogP contribution >= 0.6 is 11.3 Å². The van der Waals surface area contributed by atoms with Crippen LogP contribution in [0.15, 0.2) is 255 Å². The molecule has 326 valence electrons. The Balaban J connectivity index is 0.909. The van der Waals surface area contributed by atoms with Gasteiger partial charge in [0.1, 0.15) is 0 Å². The Morgan fingerprint density at radius 1 is 0.329 bits per heavy atom. The minimum absolute atomic E-state index is 0.00880.